The van der Waals surface area contributed by atoms with Crippen LogP contribution in [0.15, 0.2) is 17.0 Å². The summed E-state index contributed by atoms with van der Waals surface area (Å²) in [6.07, 6.45) is 7.72. The third-order valence-corrected chi connectivity index (χ3v) is 3.44. The highest BCUT2D eigenvalue weighted by atomic mass is 16.6. The Morgan fingerprint density at radius 2 is 2.11 bits per heavy atom. The normalized spacial score (nSPS) is 15.5. The molecular formula is C13H15N3O2. The summed E-state index contributed by atoms with van der Waals surface area (Å²) in [6.45, 7) is 2.47. The molecule has 1 aliphatic rings. The van der Waals surface area contributed by atoms with E-state index in [0.29, 0.717) is 13.0 Å². The lowest BCUT2D eigenvalue weighted by Gasteiger charge is -1.99. The Morgan fingerprint density at radius 3 is 2.89 bits per heavy atom. The second-order valence-corrected chi connectivity index (χ2v) is 4.80. The Balaban J connectivity index is 1.89. The molecule has 0 atom stereocenters. The van der Waals surface area contributed by atoms with Crippen LogP contribution in [0, 0.1) is 6.92 Å². The van der Waals surface area contributed by atoms with Gasteiger partial charge in [0.1, 0.15) is 11.4 Å². The Kier molecular flexibility index (Phi) is 2.74. The molecule has 94 valence electrons. The second-order valence-electron chi connectivity index (χ2n) is 4.80. The molecular weight excluding hydrogens is 230 g/mol. The SMILES string of the molecule is Cc1nonc1Cn1cc2c(c1)C(=O)CCCC2. The highest BCUT2D eigenvalue weighted by Gasteiger charge is 2.18. The topological polar surface area (TPSA) is 60.9 Å². The zero-order valence-electron chi connectivity index (χ0n) is 10.3. The van der Waals surface area contributed by atoms with Gasteiger partial charge in [-0.1, -0.05) is 10.3 Å². The van der Waals surface area contributed by atoms with Crippen molar-refractivity contribution in [3.05, 3.63) is 34.9 Å². The third kappa shape index (κ3) is 1.96. The van der Waals surface area contributed by atoms with Gasteiger partial charge in [0.05, 0.1) is 6.54 Å². The van der Waals surface area contributed by atoms with Gasteiger partial charge in [0.15, 0.2) is 5.78 Å². The van der Waals surface area contributed by atoms with Crippen LogP contribution in [-0.4, -0.2) is 20.7 Å². The summed E-state index contributed by atoms with van der Waals surface area (Å²) in [4.78, 5) is 11.9. The standard InChI is InChI=1S/C13H15N3O2/c1-9-12(15-18-14-9)8-16-6-10-4-2-3-5-13(17)11(10)7-16/h6-7H,2-5,8H2,1H3. The lowest BCUT2D eigenvalue weighted by Crippen LogP contribution is -2.00. The Morgan fingerprint density at radius 1 is 1.28 bits per heavy atom. The lowest BCUT2D eigenvalue weighted by atomic mass is 10.1. The van der Waals surface area contributed by atoms with Gasteiger partial charge in [-0.15, -0.1) is 0 Å². The van der Waals surface area contributed by atoms with Crippen molar-refractivity contribution in [1.29, 1.82) is 0 Å². The fourth-order valence-corrected chi connectivity index (χ4v) is 2.40. The Hall–Kier alpha value is -1.91. The van der Waals surface area contributed by atoms with Gasteiger partial charge in [0, 0.05) is 24.4 Å². The minimum Gasteiger partial charge on any atom is -0.347 e. The molecule has 0 radical (unpaired) electrons. The number of aromatic nitrogens is 3. The van der Waals surface area contributed by atoms with E-state index in [1.165, 1.54) is 0 Å². The van der Waals surface area contributed by atoms with Crippen molar-refractivity contribution < 1.29 is 9.42 Å². The molecule has 0 spiro atoms. The molecule has 5 heteroatoms. The number of carbonyl (C=O) groups is 1. The zero-order chi connectivity index (χ0) is 12.5. The third-order valence-electron chi connectivity index (χ3n) is 3.44. The Labute approximate surface area is 105 Å². The summed E-state index contributed by atoms with van der Waals surface area (Å²) in [5, 5.41) is 7.62. The van der Waals surface area contributed by atoms with Crippen LogP contribution < -0.4 is 0 Å². The van der Waals surface area contributed by atoms with Crippen LogP contribution in [0.3, 0.4) is 0 Å². The van der Waals surface area contributed by atoms with Crippen molar-refractivity contribution in [2.75, 3.05) is 0 Å². The minimum atomic E-state index is 0.260. The summed E-state index contributed by atoms with van der Waals surface area (Å²) >= 11 is 0. The molecule has 5 nitrogen and oxygen atoms in total. The van der Waals surface area contributed by atoms with Crippen LogP contribution >= 0.6 is 0 Å². The van der Waals surface area contributed by atoms with E-state index in [1.54, 1.807) is 0 Å². The zero-order valence-corrected chi connectivity index (χ0v) is 10.3. The molecule has 3 rings (SSSR count). The fraction of sp³-hybridized carbons (Fsp3) is 0.462. The number of ketones is 1. The molecule has 1 aliphatic carbocycles. The van der Waals surface area contributed by atoms with E-state index in [1.807, 2.05) is 23.9 Å². The molecule has 18 heavy (non-hydrogen) atoms. The predicted octanol–water partition coefficient (Wildman–Crippen LogP) is 2.14. The predicted molar refractivity (Wildman–Crippen MR) is 64.5 cm³/mol. The van der Waals surface area contributed by atoms with E-state index >= 15 is 0 Å². The lowest BCUT2D eigenvalue weighted by molar-refractivity contribution is 0.0982. The molecule has 0 N–H and O–H groups in total. The molecule has 2 heterocycles. The van der Waals surface area contributed by atoms with Crippen LogP contribution in [-0.2, 0) is 13.0 Å². The summed E-state index contributed by atoms with van der Waals surface area (Å²) in [5.41, 5.74) is 3.64. The number of rotatable bonds is 2. The summed E-state index contributed by atoms with van der Waals surface area (Å²) in [7, 11) is 0. The minimum absolute atomic E-state index is 0.260. The molecule has 0 saturated carbocycles. The van der Waals surface area contributed by atoms with Crippen molar-refractivity contribution in [2.45, 2.75) is 39.2 Å². The van der Waals surface area contributed by atoms with E-state index in [9.17, 15) is 4.79 Å². The first-order chi connectivity index (χ1) is 8.74. The molecule has 2 aromatic heterocycles. The van der Waals surface area contributed by atoms with Crippen molar-refractivity contribution in [3.63, 3.8) is 0 Å². The number of Topliss-reactive ketones (excluding diaryl/α,β-unsaturated/α-hetero) is 1. The van der Waals surface area contributed by atoms with E-state index in [-0.39, 0.29) is 5.78 Å². The summed E-state index contributed by atoms with van der Waals surface area (Å²) < 4.78 is 6.68. The number of hydrogen-bond donors (Lipinski definition) is 0. The first kappa shape index (κ1) is 11.2. The molecule has 2 aromatic rings. The van der Waals surface area contributed by atoms with Crippen LogP contribution in [0.25, 0.3) is 0 Å². The van der Waals surface area contributed by atoms with Gasteiger partial charge in [-0.3, -0.25) is 4.79 Å². The number of carbonyl (C=O) groups excluding carboxylic acids is 1. The maximum Gasteiger partial charge on any atom is 0.164 e. The highest BCUT2D eigenvalue weighted by Crippen LogP contribution is 2.22. The summed E-state index contributed by atoms with van der Waals surface area (Å²) in [5.74, 6) is 0.260. The second kappa shape index (κ2) is 4.40. The van der Waals surface area contributed by atoms with E-state index in [4.69, 9.17) is 0 Å². The van der Waals surface area contributed by atoms with Gasteiger partial charge >= 0.3 is 0 Å². The molecule has 0 amide bonds. The van der Waals surface area contributed by atoms with Crippen molar-refractivity contribution in [3.8, 4) is 0 Å². The van der Waals surface area contributed by atoms with Crippen LogP contribution in [0.2, 0.25) is 0 Å². The Bertz CT molecular complexity index is 583. The monoisotopic (exact) mass is 245 g/mol. The van der Waals surface area contributed by atoms with E-state index in [2.05, 4.69) is 14.9 Å². The highest BCUT2D eigenvalue weighted by molar-refractivity contribution is 5.97. The van der Waals surface area contributed by atoms with Gasteiger partial charge in [0.2, 0.25) is 0 Å². The smallest absolute Gasteiger partial charge is 0.164 e. The van der Waals surface area contributed by atoms with Crippen LogP contribution in [0.5, 0.6) is 0 Å². The molecule has 0 bridgehead atoms. The maximum atomic E-state index is 11.9. The number of nitrogens with zero attached hydrogens (tertiary/aromatic N) is 3. The van der Waals surface area contributed by atoms with E-state index in [0.717, 1.165) is 41.8 Å². The molecule has 0 unspecified atom stereocenters. The van der Waals surface area contributed by atoms with Gasteiger partial charge in [-0.25, -0.2) is 4.63 Å². The maximum absolute atomic E-state index is 11.9. The number of fused-ring (bicyclic) bond motifs is 1. The molecule has 0 aliphatic heterocycles. The molecule has 0 aromatic carbocycles. The first-order valence-corrected chi connectivity index (χ1v) is 6.24. The van der Waals surface area contributed by atoms with Crippen molar-refractivity contribution in [1.82, 2.24) is 14.9 Å². The average Bonchev–Trinajstić information content (AvgIpc) is 2.89. The van der Waals surface area contributed by atoms with Crippen molar-refractivity contribution in [2.24, 2.45) is 0 Å². The largest absolute Gasteiger partial charge is 0.347 e. The van der Waals surface area contributed by atoms with Crippen molar-refractivity contribution >= 4 is 5.78 Å². The van der Waals surface area contributed by atoms with Gasteiger partial charge in [-0.05, 0) is 31.7 Å². The van der Waals surface area contributed by atoms with Gasteiger partial charge in [0.25, 0.3) is 0 Å². The average molecular weight is 245 g/mol. The van der Waals surface area contributed by atoms with Crippen LogP contribution in [0.1, 0.15) is 46.6 Å². The van der Waals surface area contributed by atoms with Crippen LogP contribution in [0.4, 0.5) is 0 Å². The van der Waals surface area contributed by atoms with Gasteiger partial charge < -0.3 is 4.57 Å². The van der Waals surface area contributed by atoms with Gasteiger partial charge in [-0.2, -0.15) is 0 Å². The molecule has 0 fully saturated rings. The number of hydrogen-bond acceptors (Lipinski definition) is 4. The quantitative estimate of drug-likeness (QED) is 0.760. The van der Waals surface area contributed by atoms with E-state index < -0.39 is 0 Å². The fourth-order valence-electron chi connectivity index (χ4n) is 2.40. The summed E-state index contributed by atoms with van der Waals surface area (Å²) in [6, 6.07) is 0. The number of aryl methyl sites for hydroxylation is 2. The first-order valence-electron chi connectivity index (χ1n) is 6.24. The molecule has 0 saturated heterocycles.